The van der Waals surface area contributed by atoms with E-state index in [0.29, 0.717) is 11.7 Å². The lowest BCUT2D eigenvalue weighted by Gasteiger charge is -2.24. The van der Waals surface area contributed by atoms with Crippen molar-refractivity contribution in [2.75, 3.05) is 13.1 Å². The summed E-state index contributed by atoms with van der Waals surface area (Å²) >= 11 is 0. The molecule has 0 unspecified atom stereocenters. The second-order valence-electron chi connectivity index (χ2n) is 5.14. The number of piperidine rings is 1. The minimum absolute atomic E-state index is 0.303. The number of rotatable bonds is 2. The summed E-state index contributed by atoms with van der Waals surface area (Å²) in [5.41, 5.74) is 3.47. The van der Waals surface area contributed by atoms with E-state index < -0.39 is 0 Å². The van der Waals surface area contributed by atoms with E-state index in [1.54, 1.807) is 6.07 Å². The third-order valence-electron chi connectivity index (χ3n) is 3.87. The summed E-state index contributed by atoms with van der Waals surface area (Å²) in [6.07, 6.45) is 4.20. The van der Waals surface area contributed by atoms with Gasteiger partial charge in [0, 0.05) is 24.2 Å². The summed E-state index contributed by atoms with van der Waals surface area (Å²) in [7, 11) is 2.00. The average Bonchev–Trinajstić information content (AvgIpc) is 2.82. The Morgan fingerprint density at radius 2 is 2.11 bits per heavy atom. The van der Waals surface area contributed by atoms with Crippen LogP contribution in [0.25, 0.3) is 11.1 Å². The zero-order valence-electron chi connectivity index (χ0n) is 11.1. The van der Waals surface area contributed by atoms with Crippen molar-refractivity contribution in [3.8, 4) is 16.9 Å². The van der Waals surface area contributed by atoms with Gasteiger partial charge in [0.25, 0.3) is 0 Å². The number of hydrogen-bond acceptors (Lipinski definition) is 3. The van der Waals surface area contributed by atoms with Crippen LogP contribution in [-0.4, -0.2) is 28.0 Å². The van der Waals surface area contributed by atoms with Gasteiger partial charge in [0.2, 0.25) is 0 Å². The van der Waals surface area contributed by atoms with Crippen molar-refractivity contribution in [1.29, 1.82) is 0 Å². The van der Waals surface area contributed by atoms with Crippen LogP contribution in [0.3, 0.4) is 0 Å². The van der Waals surface area contributed by atoms with E-state index in [0.717, 1.165) is 37.1 Å². The Kier molecular flexibility index (Phi) is 3.25. The standard InChI is InChI=1S/C15H19N3O/c1-18-15(11-5-7-16-8-6-11)14(10-17-18)12-3-2-4-13(19)9-12/h2-4,9-11,16,19H,5-8H2,1H3. The monoisotopic (exact) mass is 257 g/mol. The molecule has 2 N–H and O–H groups in total. The molecule has 4 nitrogen and oxygen atoms in total. The predicted octanol–water partition coefficient (Wildman–Crippen LogP) is 2.26. The highest BCUT2D eigenvalue weighted by atomic mass is 16.3. The van der Waals surface area contributed by atoms with E-state index in [-0.39, 0.29) is 0 Å². The van der Waals surface area contributed by atoms with Gasteiger partial charge in [0.1, 0.15) is 5.75 Å². The second kappa shape index (κ2) is 5.05. The fraction of sp³-hybridized carbons (Fsp3) is 0.400. The highest BCUT2D eigenvalue weighted by molar-refractivity contribution is 5.67. The molecular formula is C15H19N3O. The Morgan fingerprint density at radius 1 is 1.32 bits per heavy atom. The maximum Gasteiger partial charge on any atom is 0.116 e. The number of hydrogen-bond donors (Lipinski definition) is 2. The molecule has 0 spiro atoms. The predicted molar refractivity (Wildman–Crippen MR) is 75.2 cm³/mol. The molecule has 0 amide bonds. The molecule has 1 aliphatic rings. The SMILES string of the molecule is Cn1ncc(-c2cccc(O)c2)c1C1CCNCC1. The van der Waals surface area contributed by atoms with Gasteiger partial charge in [-0.05, 0) is 43.6 Å². The lowest BCUT2D eigenvalue weighted by atomic mass is 9.90. The van der Waals surface area contributed by atoms with Crippen molar-refractivity contribution in [3.05, 3.63) is 36.2 Å². The molecule has 0 atom stereocenters. The summed E-state index contributed by atoms with van der Waals surface area (Å²) in [6.45, 7) is 2.13. The first-order valence-electron chi connectivity index (χ1n) is 6.77. The molecule has 1 aromatic heterocycles. The molecule has 4 heteroatoms. The summed E-state index contributed by atoms with van der Waals surface area (Å²) in [6, 6.07) is 7.41. The molecule has 0 saturated carbocycles. The van der Waals surface area contributed by atoms with Crippen molar-refractivity contribution in [1.82, 2.24) is 15.1 Å². The minimum atomic E-state index is 0.303. The third kappa shape index (κ3) is 2.36. The maximum absolute atomic E-state index is 9.65. The fourth-order valence-corrected chi connectivity index (χ4v) is 2.92. The Bertz CT molecular complexity index is 571. The number of aromatic hydroxyl groups is 1. The van der Waals surface area contributed by atoms with Crippen molar-refractivity contribution in [2.45, 2.75) is 18.8 Å². The van der Waals surface area contributed by atoms with Gasteiger partial charge in [-0.1, -0.05) is 12.1 Å². The average molecular weight is 257 g/mol. The Hall–Kier alpha value is -1.81. The topological polar surface area (TPSA) is 50.1 Å². The summed E-state index contributed by atoms with van der Waals surface area (Å²) in [5.74, 6) is 0.851. The molecule has 100 valence electrons. The highest BCUT2D eigenvalue weighted by Crippen LogP contribution is 2.34. The number of benzene rings is 1. The number of phenolic OH excluding ortho intramolecular Hbond substituents is 1. The molecule has 0 aliphatic carbocycles. The van der Waals surface area contributed by atoms with E-state index in [9.17, 15) is 5.11 Å². The van der Waals surface area contributed by atoms with Crippen molar-refractivity contribution >= 4 is 0 Å². The molecule has 1 aromatic carbocycles. The maximum atomic E-state index is 9.65. The van der Waals surface area contributed by atoms with Crippen LogP contribution in [0.2, 0.25) is 0 Å². The van der Waals surface area contributed by atoms with Crippen molar-refractivity contribution in [3.63, 3.8) is 0 Å². The lowest BCUT2D eigenvalue weighted by molar-refractivity contribution is 0.440. The highest BCUT2D eigenvalue weighted by Gasteiger charge is 2.22. The van der Waals surface area contributed by atoms with E-state index in [2.05, 4.69) is 10.4 Å². The van der Waals surface area contributed by atoms with E-state index in [1.807, 2.05) is 36.1 Å². The van der Waals surface area contributed by atoms with Crippen LogP contribution in [0.15, 0.2) is 30.5 Å². The number of aromatic nitrogens is 2. The minimum Gasteiger partial charge on any atom is -0.508 e. The van der Waals surface area contributed by atoms with Crippen LogP contribution in [0, 0.1) is 0 Å². The molecule has 1 aliphatic heterocycles. The van der Waals surface area contributed by atoms with E-state index >= 15 is 0 Å². The van der Waals surface area contributed by atoms with Gasteiger partial charge in [-0.2, -0.15) is 5.10 Å². The first-order valence-corrected chi connectivity index (χ1v) is 6.77. The van der Waals surface area contributed by atoms with Crippen LogP contribution >= 0.6 is 0 Å². The largest absolute Gasteiger partial charge is 0.508 e. The molecule has 1 fully saturated rings. The number of phenols is 1. The summed E-state index contributed by atoms with van der Waals surface area (Å²) in [4.78, 5) is 0. The van der Waals surface area contributed by atoms with Crippen LogP contribution < -0.4 is 5.32 Å². The quantitative estimate of drug-likeness (QED) is 0.867. The molecule has 19 heavy (non-hydrogen) atoms. The molecule has 2 heterocycles. The van der Waals surface area contributed by atoms with Gasteiger partial charge in [0.15, 0.2) is 0 Å². The number of nitrogens with one attached hydrogen (secondary N) is 1. The van der Waals surface area contributed by atoms with Gasteiger partial charge in [-0.15, -0.1) is 0 Å². The van der Waals surface area contributed by atoms with Crippen LogP contribution in [0.4, 0.5) is 0 Å². The van der Waals surface area contributed by atoms with Crippen LogP contribution in [-0.2, 0) is 7.05 Å². The first-order chi connectivity index (χ1) is 9.25. The van der Waals surface area contributed by atoms with Gasteiger partial charge in [-0.3, -0.25) is 4.68 Å². The molecule has 3 rings (SSSR count). The number of nitrogens with zero attached hydrogens (tertiary/aromatic N) is 2. The van der Waals surface area contributed by atoms with Gasteiger partial charge in [0.05, 0.1) is 6.20 Å². The van der Waals surface area contributed by atoms with Gasteiger partial charge < -0.3 is 10.4 Å². The number of aryl methyl sites for hydroxylation is 1. The zero-order chi connectivity index (χ0) is 13.2. The normalized spacial score (nSPS) is 16.7. The molecule has 0 bridgehead atoms. The van der Waals surface area contributed by atoms with Crippen LogP contribution in [0.5, 0.6) is 5.75 Å². The molecule has 0 radical (unpaired) electrons. The molecular weight excluding hydrogens is 238 g/mol. The van der Waals surface area contributed by atoms with Crippen LogP contribution in [0.1, 0.15) is 24.5 Å². The summed E-state index contributed by atoms with van der Waals surface area (Å²) in [5, 5.41) is 17.5. The van der Waals surface area contributed by atoms with Crippen molar-refractivity contribution in [2.24, 2.45) is 7.05 Å². The Morgan fingerprint density at radius 3 is 2.84 bits per heavy atom. The van der Waals surface area contributed by atoms with Gasteiger partial charge in [-0.25, -0.2) is 0 Å². The van der Waals surface area contributed by atoms with E-state index in [1.165, 1.54) is 5.69 Å². The smallest absolute Gasteiger partial charge is 0.116 e. The first kappa shape index (κ1) is 12.2. The zero-order valence-corrected chi connectivity index (χ0v) is 11.1. The molecule has 1 saturated heterocycles. The second-order valence-corrected chi connectivity index (χ2v) is 5.14. The van der Waals surface area contributed by atoms with Crippen molar-refractivity contribution < 1.29 is 5.11 Å². The Labute approximate surface area is 113 Å². The van der Waals surface area contributed by atoms with E-state index in [4.69, 9.17) is 0 Å². The van der Waals surface area contributed by atoms with Gasteiger partial charge >= 0.3 is 0 Å². The lowest BCUT2D eigenvalue weighted by Crippen LogP contribution is -2.27. The third-order valence-corrected chi connectivity index (χ3v) is 3.87. The summed E-state index contributed by atoms with van der Waals surface area (Å²) < 4.78 is 1.98. The Balaban J connectivity index is 2.02. The fourth-order valence-electron chi connectivity index (χ4n) is 2.92. The molecule has 2 aromatic rings.